The van der Waals surface area contributed by atoms with E-state index in [-0.39, 0.29) is 11.7 Å². The summed E-state index contributed by atoms with van der Waals surface area (Å²) in [5.41, 5.74) is 2.18. The Morgan fingerprint density at radius 1 is 1.24 bits per heavy atom. The number of hydrogen-bond donors (Lipinski definition) is 2. The summed E-state index contributed by atoms with van der Waals surface area (Å²) in [4.78, 5) is 27.1. The van der Waals surface area contributed by atoms with E-state index in [1.807, 2.05) is 26.8 Å². The Morgan fingerprint density at radius 2 is 1.92 bits per heavy atom. The van der Waals surface area contributed by atoms with E-state index >= 15 is 0 Å². The SMILES string of the molecule is CN/C=C\C(=N)N1C(=O)C(C)(C)c2cnc(-c3cnc(C)nc3)cc21. The van der Waals surface area contributed by atoms with E-state index < -0.39 is 5.41 Å². The molecule has 3 rings (SSSR count). The van der Waals surface area contributed by atoms with Crippen molar-refractivity contribution in [1.29, 1.82) is 5.41 Å². The first-order chi connectivity index (χ1) is 11.9. The van der Waals surface area contributed by atoms with Gasteiger partial charge in [0.15, 0.2) is 0 Å². The number of pyridine rings is 1. The van der Waals surface area contributed by atoms with Gasteiger partial charge in [-0.2, -0.15) is 0 Å². The Balaban J connectivity index is 2.11. The Labute approximate surface area is 146 Å². The lowest BCUT2D eigenvalue weighted by Crippen LogP contribution is -2.39. The molecule has 25 heavy (non-hydrogen) atoms. The summed E-state index contributed by atoms with van der Waals surface area (Å²) < 4.78 is 0. The van der Waals surface area contributed by atoms with Crippen LogP contribution in [0.3, 0.4) is 0 Å². The maximum absolute atomic E-state index is 12.9. The zero-order valence-corrected chi connectivity index (χ0v) is 14.7. The summed E-state index contributed by atoms with van der Waals surface area (Å²) in [6.45, 7) is 5.51. The number of nitrogens with zero attached hydrogens (tertiary/aromatic N) is 4. The number of aromatic nitrogens is 3. The van der Waals surface area contributed by atoms with Crippen molar-refractivity contribution in [3.63, 3.8) is 0 Å². The van der Waals surface area contributed by atoms with Crippen LogP contribution in [-0.4, -0.2) is 33.7 Å². The maximum atomic E-state index is 12.9. The van der Waals surface area contributed by atoms with E-state index in [1.54, 1.807) is 37.9 Å². The molecule has 128 valence electrons. The topological polar surface area (TPSA) is 94.9 Å². The molecule has 0 radical (unpaired) electrons. The number of amides is 1. The van der Waals surface area contributed by atoms with Crippen LogP contribution < -0.4 is 10.2 Å². The number of hydrogen-bond acceptors (Lipinski definition) is 6. The molecular weight excluding hydrogens is 316 g/mol. The highest BCUT2D eigenvalue weighted by Crippen LogP contribution is 2.42. The lowest BCUT2D eigenvalue weighted by molar-refractivity contribution is -0.121. The molecule has 2 aromatic rings. The molecule has 1 amide bonds. The number of aryl methyl sites for hydroxylation is 1. The van der Waals surface area contributed by atoms with Crippen molar-refractivity contribution in [2.75, 3.05) is 11.9 Å². The molecule has 7 nitrogen and oxygen atoms in total. The van der Waals surface area contributed by atoms with Gasteiger partial charge < -0.3 is 5.32 Å². The van der Waals surface area contributed by atoms with Gasteiger partial charge >= 0.3 is 0 Å². The highest BCUT2D eigenvalue weighted by Gasteiger charge is 2.45. The second kappa shape index (κ2) is 6.08. The number of carbonyl (C=O) groups is 1. The largest absolute Gasteiger partial charge is 0.394 e. The number of carbonyl (C=O) groups excluding carboxylic acids is 1. The fourth-order valence-corrected chi connectivity index (χ4v) is 2.77. The zero-order chi connectivity index (χ0) is 18.2. The van der Waals surface area contributed by atoms with Crippen LogP contribution in [0.2, 0.25) is 0 Å². The molecule has 0 bridgehead atoms. The van der Waals surface area contributed by atoms with Crippen LogP contribution in [0.1, 0.15) is 25.2 Å². The third kappa shape index (κ3) is 2.77. The molecule has 0 unspecified atom stereocenters. The number of rotatable bonds is 3. The molecule has 0 saturated carbocycles. The lowest BCUT2D eigenvalue weighted by Gasteiger charge is -2.19. The van der Waals surface area contributed by atoms with Gasteiger partial charge in [-0.1, -0.05) is 0 Å². The van der Waals surface area contributed by atoms with Crippen LogP contribution in [-0.2, 0) is 10.2 Å². The van der Waals surface area contributed by atoms with Crippen LogP contribution in [0.4, 0.5) is 5.69 Å². The van der Waals surface area contributed by atoms with Gasteiger partial charge in [0, 0.05) is 36.8 Å². The first-order valence-electron chi connectivity index (χ1n) is 7.92. The predicted molar refractivity (Wildman–Crippen MR) is 96.4 cm³/mol. The van der Waals surface area contributed by atoms with E-state index in [0.29, 0.717) is 17.2 Å². The molecule has 2 aromatic heterocycles. The quantitative estimate of drug-likeness (QED) is 0.662. The van der Waals surface area contributed by atoms with Crippen molar-refractivity contribution >= 4 is 17.4 Å². The number of amidine groups is 1. The monoisotopic (exact) mass is 336 g/mol. The Morgan fingerprint density at radius 3 is 2.56 bits per heavy atom. The molecule has 2 N–H and O–H groups in total. The molecule has 0 saturated heterocycles. The molecule has 0 aliphatic carbocycles. The van der Waals surface area contributed by atoms with Crippen molar-refractivity contribution in [3.05, 3.63) is 48.3 Å². The fraction of sp³-hybridized carbons (Fsp3) is 0.278. The van der Waals surface area contributed by atoms with E-state index in [4.69, 9.17) is 5.41 Å². The van der Waals surface area contributed by atoms with E-state index in [1.165, 1.54) is 4.90 Å². The maximum Gasteiger partial charge on any atom is 0.242 e. The summed E-state index contributed by atoms with van der Waals surface area (Å²) in [5.74, 6) is 0.637. The third-order valence-corrected chi connectivity index (χ3v) is 4.26. The minimum atomic E-state index is -0.732. The van der Waals surface area contributed by atoms with Crippen LogP contribution in [0.15, 0.2) is 36.9 Å². The van der Waals surface area contributed by atoms with Crippen LogP contribution in [0.25, 0.3) is 11.3 Å². The van der Waals surface area contributed by atoms with E-state index in [0.717, 1.165) is 11.1 Å². The first-order valence-corrected chi connectivity index (χ1v) is 7.92. The Hall–Kier alpha value is -3.09. The normalized spacial score (nSPS) is 15.5. The molecule has 0 fully saturated rings. The average molecular weight is 336 g/mol. The molecule has 0 spiro atoms. The molecule has 0 atom stereocenters. The number of nitrogens with one attached hydrogen (secondary N) is 2. The van der Waals surface area contributed by atoms with Crippen LogP contribution in [0, 0.1) is 12.3 Å². The predicted octanol–water partition coefficient (Wildman–Crippen LogP) is 2.18. The van der Waals surface area contributed by atoms with Gasteiger partial charge in [-0.25, -0.2) is 9.97 Å². The Kier molecular flexibility index (Phi) is 4.08. The molecule has 0 aromatic carbocycles. The number of fused-ring (bicyclic) bond motifs is 1. The fourth-order valence-electron chi connectivity index (χ4n) is 2.77. The lowest BCUT2D eigenvalue weighted by atomic mass is 9.87. The van der Waals surface area contributed by atoms with E-state index in [9.17, 15) is 4.79 Å². The van der Waals surface area contributed by atoms with Gasteiger partial charge in [0.2, 0.25) is 5.91 Å². The van der Waals surface area contributed by atoms with Crippen molar-refractivity contribution in [2.45, 2.75) is 26.2 Å². The first kappa shape index (κ1) is 16.8. The molecule has 1 aliphatic rings. The second-order valence-corrected chi connectivity index (χ2v) is 6.38. The summed E-state index contributed by atoms with van der Waals surface area (Å²) in [6, 6.07) is 1.82. The third-order valence-electron chi connectivity index (χ3n) is 4.26. The van der Waals surface area contributed by atoms with Gasteiger partial charge in [0.1, 0.15) is 11.7 Å². The summed E-state index contributed by atoms with van der Waals surface area (Å²) >= 11 is 0. The molecule has 1 aliphatic heterocycles. The summed E-state index contributed by atoms with van der Waals surface area (Å²) in [7, 11) is 1.74. The second-order valence-electron chi connectivity index (χ2n) is 6.38. The van der Waals surface area contributed by atoms with Crippen molar-refractivity contribution in [2.24, 2.45) is 0 Å². The van der Waals surface area contributed by atoms with Gasteiger partial charge in [0.05, 0.1) is 16.8 Å². The van der Waals surface area contributed by atoms with Gasteiger partial charge in [-0.15, -0.1) is 0 Å². The average Bonchev–Trinajstić information content (AvgIpc) is 2.79. The summed E-state index contributed by atoms with van der Waals surface area (Å²) in [5, 5.41) is 11.1. The smallest absolute Gasteiger partial charge is 0.242 e. The van der Waals surface area contributed by atoms with Crippen molar-refractivity contribution in [1.82, 2.24) is 20.3 Å². The minimum absolute atomic E-state index is 0.100. The van der Waals surface area contributed by atoms with Crippen LogP contribution >= 0.6 is 0 Å². The Bertz CT molecular complexity index is 870. The van der Waals surface area contributed by atoms with Gasteiger partial charge in [-0.3, -0.25) is 20.1 Å². The van der Waals surface area contributed by atoms with Crippen molar-refractivity contribution in [3.8, 4) is 11.3 Å². The zero-order valence-electron chi connectivity index (χ0n) is 14.7. The minimum Gasteiger partial charge on any atom is -0.394 e. The summed E-state index contributed by atoms with van der Waals surface area (Å²) in [6.07, 6.45) is 8.29. The van der Waals surface area contributed by atoms with E-state index in [2.05, 4.69) is 20.3 Å². The van der Waals surface area contributed by atoms with Crippen LogP contribution in [0.5, 0.6) is 0 Å². The van der Waals surface area contributed by atoms with Gasteiger partial charge in [0.25, 0.3) is 0 Å². The standard InChI is InChI=1S/C18H20N6O/c1-11-21-8-12(9-22-11)14-7-15-13(10-23-14)18(2,3)17(25)24(15)16(19)5-6-20-4/h5-10,19-20H,1-4H3/b6-5-,19-16?. The number of anilines is 1. The molecule has 3 heterocycles. The highest BCUT2D eigenvalue weighted by molar-refractivity contribution is 6.26. The molecular formula is C18H20N6O. The van der Waals surface area contributed by atoms with Crippen molar-refractivity contribution < 1.29 is 4.79 Å². The highest BCUT2D eigenvalue weighted by atomic mass is 16.2. The molecule has 7 heteroatoms. The van der Waals surface area contributed by atoms with Gasteiger partial charge in [-0.05, 0) is 39.1 Å².